The van der Waals surface area contributed by atoms with E-state index in [9.17, 15) is 13.2 Å². The Hall–Kier alpha value is -2.32. The van der Waals surface area contributed by atoms with Crippen molar-refractivity contribution in [2.24, 2.45) is 0 Å². The van der Waals surface area contributed by atoms with E-state index in [0.717, 1.165) is 11.3 Å². The molecule has 124 valence electrons. The molecule has 0 unspecified atom stereocenters. The SMILES string of the molecule is CNS(=O)(=O)c1ccc(C(=O)NCc2ccc(N(C)C)cc2)o1. The molecule has 1 aromatic heterocycles. The van der Waals surface area contributed by atoms with E-state index < -0.39 is 15.9 Å². The van der Waals surface area contributed by atoms with E-state index in [1.165, 1.54) is 19.2 Å². The number of hydrogen-bond donors (Lipinski definition) is 2. The molecule has 8 heteroatoms. The van der Waals surface area contributed by atoms with Gasteiger partial charge in [-0.25, -0.2) is 13.1 Å². The van der Waals surface area contributed by atoms with E-state index in [1.807, 2.05) is 43.3 Å². The molecule has 23 heavy (non-hydrogen) atoms. The normalized spacial score (nSPS) is 11.3. The van der Waals surface area contributed by atoms with Gasteiger partial charge in [0.25, 0.3) is 15.9 Å². The molecular weight excluding hydrogens is 318 g/mol. The summed E-state index contributed by atoms with van der Waals surface area (Å²) in [6.45, 7) is 0.321. The Morgan fingerprint density at radius 2 is 1.78 bits per heavy atom. The van der Waals surface area contributed by atoms with E-state index in [2.05, 4.69) is 10.0 Å². The Balaban J connectivity index is 2.00. The van der Waals surface area contributed by atoms with Gasteiger partial charge in [-0.2, -0.15) is 0 Å². The minimum atomic E-state index is -3.69. The molecule has 2 N–H and O–H groups in total. The number of carbonyl (C=O) groups is 1. The van der Waals surface area contributed by atoms with Crippen LogP contribution >= 0.6 is 0 Å². The predicted octanol–water partition coefficient (Wildman–Crippen LogP) is 1.18. The van der Waals surface area contributed by atoms with Crippen molar-refractivity contribution < 1.29 is 17.6 Å². The molecule has 0 saturated heterocycles. The van der Waals surface area contributed by atoms with Gasteiger partial charge in [0.15, 0.2) is 5.76 Å². The smallest absolute Gasteiger partial charge is 0.287 e. The van der Waals surface area contributed by atoms with Crippen molar-refractivity contribution in [1.82, 2.24) is 10.0 Å². The van der Waals surface area contributed by atoms with Gasteiger partial charge in [0.05, 0.1) is 0 Å². The Morgan fingerprint density at radius 1 is 1.13 bits per heavy atom. The van der Waals surface area contributed by atoms with E-state index in [-0.39, 0.29) is 10.9 Å². The molecule has 0 aliphatic carbocycles. The highest BCUT2D eigenvalue weighted by Crippen LogP contribution is 2.14. The van der Waals surface area contributed by atoms with Crippen molar-refractivity contribution in [3.8, 4) is 0 Å². The first-order chi connectivity index (χ1) is 10.8. The highest BCUT2D eigenvalue weighted by molar-refractivity contribution is 7.89. The Bertz CT molecular complexity index is 779. The summed E-state index contributed by atoms with van der Waals surface area (Å²) in [5.41, 5.74) is 1.99. The average Bonchev–Trinajstić information content (AvgIpc) is 3.04. The molecule has 1 heterocycles. The summed E-state index contributed by atoms with van der Waals surface area (Å²) < 4.78 is 30.3. The summed E-state index contributed by atoms with van der Waals surface area (Å²) in [5, 5.41) is 2.39. The minimum absolute atomic E-state index is 0.0521. The fourth-order valence-corrected chi connectivity index (χ4v) is 2.52. The maximum atomic E-state index is 12.0. The number of amides is 1. The number of furan rings is 1. The van der Waals surface area contributed by atoms with Crippen molar-refractivity contribution in [3.05, 3.63) is 47.7 Å². The van der Waals surface area contributed by atoms with Crippen LogP contribution in [0.1, 0.15) is 16.1 Å². The van der Waals surface area contributed by atoms with Crippen molar-refractivity contribution in [1.29, 1.82) is 0 Å². The lowest BCUT2D eigenvalue weighted by Gasteiger charge is -2.12. The van der Waals surface area contributed by atoms with Crippen molar-refractivity contribution >= 4 is 21.6 Å². The number of carbonyl (C=O) groups excluding carboxylic acids is 1. The number of benzene rings is 1. The number of hydrogen-bond acceptors (Lipinski definition) is 5. The largest absolute Gasteiger partial charge is 0.438 e. The van der Waals surface area contributed by atoms with Crippen LogP contribution in [0.15, 0.2) is 45.9 Å². The van der Waals surface area contributed by atoms with Crippen LogP contribution in [0, 0.1) is 0 Å². The summed E-state index contributed by atoms with van der Waals surface area (Å²) in [7, 11) is 1.48. The van der Waals surface area contributed by atoms with Crippen LogP contribution in [0.25, 0.3) is 0 Å². The molecule has 0 radical (unpaired) electrons. The van der Waals surface area contributed by atoms with E-state index >= 15 is 0 Å². The summed E-state index contributed by atoms with van der Waals surface area (Å²) in [4.78, 5) is 14.0. The molecule has 0 aliphatic rings. The summed E-state index contributed by atoms with van der Waals surface area (Å²) >= 11 is 0. The monoisotopic (exact) mass is 337 g/mol. The van der Waals surface area contributed by atoms with Gasteiger partial charge in [0, 0.05) is 26.3 Å². The molecule has 1 amide bonds. The van der Waals surface area contributed by atoms with Gasteiger partial charge in [-0.15, -0.1) is 0 Å². The first-order valence-corrected chi connectivity index (χ1v) is 8.39. The standard InChI is InChI=1S/C15H19N3O4S/c1-16-23(20,21)14-9-8-13(22-14)15(19)17-10-11-4-6-12(7-5-11)18(2)3/h4-9,16H,10H2,1-3H3,(H,17,19). The Labute approximate surface area is 135 Å². The maximum Gasteiger partial charge on any atom is 0.287 e. The molecule has 0 fully saturated rings. The van der Waals surface area contributed by atoms with Gasteiger partial charge in [-0.3, -0.25) is 4.79 Å². The minimum Gasteiger partial charge on any atom is -0.438 e. The average molecular weight is 337 g/mol. The lowest BCUT2D eigenvalue weighted by atomic mass is 10.2. The van der Waals surface area contributed by atoms with Gasteiger partial charge >= 0.3 is 0 Å². The third-order valence-electron chi connectivity index (χ3n) is 3.24. The molecule has 2 rings (SSSR count). The highest BCUT2D eigenvalue weighted by Gasteiger charge is 2.19. The van der Waals surface area contributed by atoms with Gasteiger partial charge in [0.2, 0.25) is 5.09 Å². The predicted molar refractivity (Wildman–Crippen MR) is 86.9 cm³/mol. The second-order valence-electron chi connectivity index (χ2n) is 5.07. The molecule has 0 saturated carbocycles. The molecular formula is C15H19N3O4S. The number of rotatable bonds is 6. The fourth-order valence-electron chi connectivity index (χ4n) is 1.87. The molecule has 0 aliphatic heterocycles. The van der Waals surface area contributed by atoms with Crippen LogP contribution in [-0.4, -0.2) is 35.5 Å². The molecule has 1 aromatic carbocycles. The lowest BCUT2D eigenvalue weighted by Crippen LogP contribution is -2.22. The fraction of sp³-hybridized carbons (Fsp3) is 0.267. The van der Waals surface area contributed by atoms with Gasteiger partial charge < -0.3 is 14.6 Å². The van der Waals surface area contributed by atoms with Gasteiger partial charge in [0.1, 0.15) is 0 Å². The topological polar surface area (TPSA) is 91.6 Å². The summed E-state index contributed by atoms with van der Waals surface area (Å²) in [6.07, 6.45) is 0. The van der Waals surface area contributed by atoms with E-state index in [4.69, 9.17) is 4.42 Å². The quantitative estimate of drug-likeness (QED) is 0.826. The zero-order chi connectivity index (χ0) is 17.0. The maximum absolute atomic E-state index is 12.0. The zero-order valence-electron chi connectivity index (χ0n) is 13.2. The van der Waals surface area contributed by atoms with Crippen LogP contribution in [-0.2, 0) is 16.6 Å². The zero-order valence-corrected chi connectivity index (χ0v) is 14.0. The number of nitrogens with one attached hydrogen (secondary N) is 2. The number of nitrogens with zero attached hydrogens (tertiary/aromatic N) is 1. The van der Waals surface area contributed by atoms with Crippen LogP contribution in [0.3, 0.4) is 0 Å². The summed E-state index contributed by atoms with van der Waals surface area (Å²) in [5.74, 6) is -0.525. The molecule has 7 nitrogen and oxygen atoms in total. The summed E-state index contributed by atoms with van der Waals surface area (Å²) in [6, 6.07) is 10.3. The second kappa shape index (κ2) is 6.84. The Morgan fingerprint density at radius 3 is 2.35 bits per heavy atom. The van der Waals surface area contributed by atoms with E-state index in [0.29, 0.717) is 6.54 Å². The molecule has 0 atom stereocenters. The van der Waals surface area contributed by atoms with Crippen molar-refractivity contribution in [2.45, 2.75) is 11.6 Å². The highest BCUT2D eigenvalue weighted by atomic mass is 32.2. The van der Waals surface area contributed by atoms with Crippen LogP contribution in [0.2, 0.25) is 0 Å². The van der Waals surface area contributed by atoms with Crippen molar-refractivity contribution in [3.63, 3.8) is 0 Å². The molecule has 0 spiro atoms. The van der Waals surface area contributed by atoms with Crippen LogP contribution in [0.5, 0.6) is 0 Å². The first kappa shape index (κ1) is 17.0. The molecule has 0 bridgehead atoms. The number of sulfonamides is 1. The lowest BCUT2D eigenvalue weighted by molar-refractivity contribution is 0.0918. The Kier molecular flexibility index (Phi) is 5.07. The van der Waals surface area contributed by atoms with Crippen molar-refractivity contribution in [2.75, 3.05) is 26.0 Å². The van der Waals surface area contributed by atoms with Gasteiger partial charge in [-0.1, -0.05) is 12.1 Å². The third kappa shape index (κ3) is 4.11. The first-order valence-electron chi connectivity index (χ1n) is 6.91. The van der Waals surface area contributed by atoms with E-state index in [1.54, 1.807) is 0 Å². The molecule has 2 aromatic rings. The second-order valence-corrected chi connectivity index (χ2v) is 6.89. The third-order valence-corrected chi connectivity index (χ3v) is 4.53. The van der Waals surface area contributed by atoms with Crippen LogP contribution < -0.4 is 14.9 Å². The number of anilines is 1. The van der Waals surface area contributed by atoms with Crippen LogP contribution in [0.4, 0.5) is 5.69 Å². The van der Waals surface area contributed by atoms with Gasteiger partial charge in [-0.05, 0) is 36.9 Å².